The summed E-state index contributed by atoms with van der Waals surface area (Å²) in [4.78, 5) is 17.6. The second-order valence-electron chi connectivity index (χ2n) is 9.32. The van der Waals surface area contributed by atoms with Gasteiger partial charge in [-0.25, -0.2) is 4.68 Å². The number of hydrogen-bond acceptors (Lipinski definition) is 6. The summed E-state index contributed by atoms with van der Waals surface area (Å²) >= 11 is 12.3. The number of nitrogens with zero attached hydrogens (tertiary/aromatic N) is 3. The summed E-state index contributed by atoms with van der Waals surface area (Å²) < 4.78 is 13.4. The number of carbonyl (C=O) groups excluding carboxylic acids is 1. The molecule has 1 aliphatic carbocycles. The summed E-state index contributed by atoms with van der Waals surface area (Å²) in [6.45, 7) is 4.47. The van der Waals surface area contributed by atoms with Crippen LogP contribution in [-0.4, -0.2) is 27.7 Å². The number of carbonyl (C=O) groups is 1. The Bertz CT molecular complexity index is 1320. The first-order valence-corrected chi connectivity index (χ1v) is 11.7. The molecule has 0 radical (unpaired) electrons. The van der Waals surface area contributed by atoms with Crippen molar-refractivity contribution in [2.45, 2.75) is 39.3 Å². The van der Waals surface area contributed by atoms with Crippen molar-refractivity contribution in [2.75, 3.05) is 12.4 Å². The minimum absolute atomic E-state index is 0.113. The van der Waals surface area contributed by atoms with Crippen molar-refractivity contribution in [3.63, 3.8) is 0 Å². The third-order valence-corrected chi connectivity index (χ3v) is 6.76. The number of allylic oxidation sites excluding steroid dienone is 2. The number of benzene rings is 2. The second kappa shape index (κ2) is 8.64. The van der Waals surface area contributed by atoms with E-state index in [9.17, 15) is 4.79 Å². The van der Waals surface area contributed by atoms with Crippen molar-refractivity contribution in [1.82, 2.24) is 14.8 Å². The Labute approximate surface area is 207 Å². The number of fused-ring (bicyclic) bond motifs is 1. The fraction of sp³-hybridized carbons (Fsp3) is 0.320. The van der Waals surface area contributed by atoms with E-state index in [1.54, 1.807) is 23.9 Å². The molecule has 9 heteroatoms. The van der Waals surface area contributed by atoms with E-state index in [0.717, 1.165) is 28.8 Å². The van der Waals surface area contributed by atoms with Gasteiger partial charge in [-0.1, -0.05) is 49.2 Å². The van der Waals surface area contributed by atoms with Gasteiger partial charge in [0.2, 0.25) is 5.95 Å². The van der Waals surface area contributed by atoms with E-state index in [4.69, 9.17) is 32.7 Å². The van der Waals surface area contributed by atoms with Gasteiger partial charge in [-0.15, -0.1) is 0 Å². The molecule has 1 unspecified atom stereocenters. The third kappa shape index (κ3) is 4.14. The van der Waals surface area contributed by atoms with E-state index in [1.807, 2.05) is 24.3 Å². The number of Topliss-reactive ketones (excluding diaryl/α,β-unsaturated/α-hetero) is 1. The SMILES string of the molecule is COc1cc(C2C3=C(CC(C)(C)CC3=O)Nc3ncnn32)ccc1OCc1ccc(Cl)cc1Cl. The fourth-order valence-electron chi connectivity index (χ4n) is 4.62. The lowest BCUT2D eigenvalue weighted by atomic mass is 9.73. The molecule has 7 nitrogen and oxygen atoms in total. The number of anilines is 1. The molecule has 0 bridgehead atoms. The summed E-state index contributed by atoms with van der Waals surface area (Å²) in [6.07, 6.45) is 2.74. The number of ketones is 1. The average Bonchev–Trinajstić information content (AvgIpc) is 3.24. The van der Waals surface area contributed by atoms with Crippen LogP contribution in [-0.2, 0) is 11.4 Å². The molecule has 2 aliphatic rings. The van der Waals surface area contributed by atoms with Gasteiger partial charge in [-0.05, 0) is 41.7 Å². The molecular weight excluding hydrogens is 475 g/mol. The van der Waals surface area contributed by atoms with Gasteiger partial charge < -0.3 is 14.8 Å². The van der Waals surface area contributed by atoms with Gasteiger partial charge in [0.15, 0.2) is 17.3 Å². The lowest BCUT2D eigenvalue weighted by Gasteiger charge is -2.38. The predicted octanol–water partition coefficient (Wildman–Crippen LogP) is 5.83. The number of halogens is 2. The Hall–Kier alpha value is -3.03. The maximum atomic E-state index is 13.3. The first-order valence-electron chi connectivity index (χ1n) is 10.9. The molecule has 1 N–H and O–H groups in total. The molecule has 2 aromatic carbocycles. The Balaban J connectivity index is 1.49. The lowest BCUT2D eigenvalue weighted by Crippen LogP contribution is -2.36. The van der Waals surface area contributed by atoms with Crippen LogP contribution >= 0.6 is 23.2 Å². The highest BCUT2D eigenvalue weighted by atomic mass is 35.5. The summed E-state index contributed by atoms with van der Waals surface area (Å²) in [6, 6.07) is 10.5. The molecular formula is C25H24Cl2N4O3. The summed E-state index contributed by atoms with van der Waals surface area (Å²) in [5.41, 5.74) is 3.19. The Morgan fingerprint density at radius 3 is 2.74 bits per heavy atom. The van der Waals surface area contributed by atoms with Crippen LogP contribution in [0.3, 0.4) is 0 Å². The number of aromatic nitrogens is 3. The maximum Gasteiger partial charge on any atom is 0.226 e. The number of ether oxygens (including phenoxy) is 2. The van der Waals surface area contributed by atoms with Crippen LogP contribution in [0.4, 0.5) is 5.95 Å². The molecule has 0 saturated carbocycles. The van der Waals surface area contributed by atoms with E-state index < -0.39 is 6.04 Å². The van der Waals surface area contributed by atoms with Crippen LogP contribution in [0.1, 0.15) is 43.9 Å². The van der Waals surface area contributed by atoms with Crippen molar-refractivity contribution in [1.29, 1.82) is 0 Å². The molecule has 0 saturated heterocycles. The summed E-state index contributed by atoms with van der Waals surface area (Å²) in [7, 11) is 1.59. The van der Waals surface area contributed by atoms with Gasteiger partial charge >= 0.3 is 0 Å². The van der Waals surface area contributed by atoms with Gasteiger partial charge in [0, 0.05) is 33.3 Å². The van der Waals surface area contributed by atoms with E-state index in [2.05, 4.69) is 29.2 Å². The molecule has 34 heavy (non-hydrogen) atoms. The minimum Gasteiger partial charge on any atom is -0.493 e. The summed E-state index contributed by atoms with van der Waals surface area (Å²) in [5.74, 6) is 1.84. The average molecular weight is 499 g/mol. The first kappa shape index (κ1) is 22.7. The molecule has 5 rings (SSSR count). The van der Waals surface area contributed by atoms with Gasteiger partial charge in [0.25, 0.3) is 0 Å². The van der Waals surface area contributed by atoms with E-state index in [1.165, 1.54) is 6.33 Å². The third-order valence-electron chi connectivity index (χ3n) is 6.18. The van der Waals surface area contributed by atoms with Gasteiger partial charge in [0.05, 0.1) is 7.11 Å². The number of nitrogens with one attached hydrogen (secondary N) is 1. The van der Waals surface area contributed by atoms with Crippen molar-refractivity contribution >= 4 is 34.9 Å². The van der Waals surface area contributed by atoms with Crippen molar-refractivity contribution in [2.24, 2.45) is 5.41 Å². The smallest absolute Gasteiger partial charge is 0.226 e. The number of methoxy groups -OCH3 is 1. The Morgan fingerprint density at radius 2 is 1.97 bits per heavy atom. The molecule has 0 amide bonds. The molecule has 1 aromatic heterocycles. The van der Waals surface area contributed by atoms with Crippen LogP contribution in [0.15, 0.2) is 54.0 Å². The van der Waals surface area contributed by atoms with Crippen LogP contribution in [0, 0.1) is 5.41 Å². The predicted molar refractivity (Wildman–Crippen MR) is 131 cm³/mol. The Kier molecular flexibility index (Phi) is 5.78. The summed E-state index contributed by atoms with van der Waals surface area (Å²) in [5, 5.41) is 8.83. The van der Waals surface area contributed by atoms with Gasteiger partial charge in [-0.3, -0.25) is 4.79 Å². The van der Waals surface area contributed by atoms with E-state index in [-0.39, 0.29) is 17.8 Å². The highest BCUT2D eigenvalue weighted by Crippen LogP contribution is 2.46. The highest BCUT2D eigenvalue weighted by Gasteiger charge is 2.41. The fourth-order valence-corrected chi connectivity index (χ4v) is 5.09. The minimum atomic E-state index is -0.397. The highest BCUT2D eigenvalue weighted by molar-refractivity contribution is 6.35. The maximum absolute atomic E-state index is 13.3. The first-order chi connectivity index (χ1) is 16.3. The monoisotopic (exact) mass is 498 g/mol. The van der Waals surface area contributed by atoms with E-state index >= 15 is 0 Å². The van der Waals surface area contributed by atoms with Gasteiger partial charge in [0.1, 0.15) is 19.0 Å². The van der Waals surface area contributed by atoms with Gasteiger partial charge in [-0.2, -0.15) is 10.1 Å². The molecule has 1 aliphatic heterocycles. The second-order valence-corrected chi connectivity index (χ2v) is 10.2. The van der Waals surface area contributed by atoms with Crippen molar-refractivity contribution in [3.05, 3.63) is 75.2 Å². The number of rotatable bonds is 5. The number of hydrogen-bond donors (Lipinski definition) is 1. The molecule has 0 spiro atoms. The molecule has 176 valence electrons. The van der Waals surface area contributed by atoms with E-state index in [0.29, 0.717) is 33.9 Å². The normalized spacial score (nSPS) is 18.7. The zero-order valence-electron chi connectivity index (χ0n) is 19.1. The standard InChI is InChI=1S/C25H24Cl2N4O3/c1-25(2)10-18-22(19(32)11-25)23(31-24(30-18)28-13-29-31)14-5-7-20(21(8-14)33-3)34-12-15-4-6-16(26)9-17(15)27/h4-9,13,23H,10-12H2,1-3H3,(H,28,29,30). The largest absolute Gasteiger partial charge is 0.493 e. The zero-order chi connectivity index (χ0) is 24.0. The molecule has 2 heterocycles. The van der Waals surface area contributed by atoms with Crippen LogP contribution in [0.25, 0.3) is 0 Å². The molecule has 1 atom stereocenters. The quantitative estimate of drug-likeness (QED) is 0.476. The zero-order valence-corrected chi connectivity index (χ0v) is 20.6. The molecule has 0 fully saturated rings. The Morgan fingerprint density at radius 1 is 1.15 bits per heavy atom. The van der Waals surface area contributed by atoms with Crippen LogP contribution in [0.2, 0.25) is 10.0 Å². The van der Waals surface area contributed by atoms with Crippen LogP contribution < -0.4 is 14.8 Å². The molecule has 3 aromatic rings. The van der Waals surface area contributed by atoms with Crippen molar-refractivity contribution < 1.29 is 14.3 Å². The topological polar surface area (TPSA) is 78.3 Å². The lowest BCUT2D eigenvalue weighted by molar-refractivity contribution is -0.118. The van der Waals surface area contributed by atoms with Crippen molar-refractivity contribution in [3.8, 4) is 11.5 Å². The van der Waals surface area contributed by atoms with Crippen LogP contribution in [0.5, 0.6) is 11.5 Å².